The van der Waals surface area contributed by atoms with Crippen molar-refractivity contribution in [3.8, 4) is 10.6 Å². The molecule has 1 atom stereocenters. The molecule has 0 aliphatic carbocycles. The number of hydrogen-bond donors (Lipinski definition) is 0. The van der Waals surface area contributed by atoms with Crippen LogP contribution in [0.1, 0.15) is 23.4 Å². The molecule has 5 nitrogen and oxygen atoms in total. The van der Waals surface area contributed by atoms with Crippen LogP contribution in [0, 0.1) is 6.92 Å². The molecular formula is C18H21N5S. The van der Waals surface area contributed by atoms with Crippen molar-refractivity contribution < 1.29 is 0 Å². The monoisotopic (exact) mass is 339 g/mol. The first kappa shape index (κ1) is 15.5. The lowest BCUT2D eigenvalue weighted by Crippen LogP contribution is -2.32. The Morgan fingerprint density at radius 2 is 2.12 bits per heavy atom. The summed E-state index contributed by atoms with van der Waals surface area (Å²) in [6, 6.07) is 11.0. The molecule has 1 fully saturated rings. The molecule has 0 radical (unpaired) electrons. The number of rotatable bonds is 5. The van der Waals surface area contributed by atoms with E-state index in [1.165, 1.54) is 23.3 Å². The quantitative estimate of drug-likeness (QED) is 0.715. The molecule has 2 aromatic heterocycles. The molecule has 0 saturated carbocycles. The number of hydrogen-bond acceptors (Lipinski definition) is 5. The molecule has 0 N–H and O–H groups in total. The molecule has 4 rings (SSSR count). The summed E-state index contributed by atoms with van der Waals surface area (Å²) in [7, 11) is 0. The predicted octanol–water partition coefficient (Wildman–Crippen LogP) is 3.37. The van der Waals surface area contributed by atoms with Crippen molar-refractivity contribution in [3.05, 3.63) is 53.6 Å². The average Bonchev–Trinajstić information content (AvgIpc) is 3.33. The van der Waals surface area contributed by atoms with E-state index in [4.69, 9.17) is 4.98 Å². The summed E-state index contributed by atoms with van der Waals surface area (Å²) >= 11 is 1.82. The van der Waals surface area contributed by atoms with Gasteiger partial charge in [0.15, 0.2) is 0 Å². The van der Waals surface area contributed by atoms with Gasteiger partial charge in [0.25, 0.3) is 0 Å². The van der Waals surface area contributed by atoms with E-state index in [-0.39, 0.29) is 0 Å². The molecule has 3 heterocycles. The van der Waals surface area contributed by atoms with E-state index in [1.807, 2.05) is 28.4 Å². The zero-order valence-corrected chi connectivity index (χ0v) is 14.6. The lowest BCUT2D eigenvalue weighted by Gasteiger charge is -2.23. The molecule has 124 valence electrons. The third-order valence-corrected chi connectivity index (χ3v) is 5.81. The summed E-state index contributed by atoms with van der Waals surface area (Å²) in [5.41, 5.74) is 2.36. The maximum Gasteiger partial charge on any atom is 0.137 e. The number of benzene rings is 1. The Kier molecular flexibility index (Phi) is 4.40. The van der Waals surface area contributed by atoms with Crippen LogP contribution in [0.15, 0.2) is 43.0 Å². The molecule has 1 unspecified atom stereocenters. The highest BCUT2D eigenvalue weighted by molar-refractivity contribution is 7.15. The molecule has 0 amide bonds. The number of nitrogens with zero attached hydrogens (tertiary/aromatic N) is 5. The second-order valence-electron chi connectivity index (χ2n) is 6.28. The normalized spacial score (nSPS) is 18.3. The van der Waals surface area contributed by atoms with Crippen molar-refractivity contribution >= 4 is 11.3 Å². The Labute approximate surface area is 146 Å². The highest BCUT2D eigenvalue weighted by Gasteiger charge is 2.26. The zero-order valence-electron chi connectivity index (χ0n) is 13.8. The van der Waals surface area contributed by atoms with Crippen LogP contribution >= 0.6 is 11.3 Å². The van der Waals surface area contributed by atoms with E-state index < -0.39 is 0 Å². The SMILES string of the molecule is Cc1nc(-c2ccccc2)sc1CN1CCCC1Cn1cncn1. The topological polar surface area (TPSA) is 46.8 Å². The standard InChI is InChI=1S/C18H21N5S/c1-14-17(24-18(21-14)15-6-3-2-4-7-15)11-22-9-5-8-16(22)10-23-13-19-12-20-23/h2-4,6-7,12-13,16H,5,8-11H2,1H3. The molecule has 6 heteroatoms. The fourth-order valence-electron chi connectivity index (χ4n) is 3.32. The van der Waals surface area contributed by atoms with Crippen LogP contribution < -0.4 is 0 Å². The first-order valence-electron chi connectivity index (χ1n) is 8.38. The summed E-state index contributed by atoms with van der Waals surface area (Å²) in [5.74, 6) is 0. The van der Waals surface area contributed by atoms with E-state index in [1.54, 1.807) is 6.33 Å². The number of likely N-dealkylation sites (tertiary alicyclic amines) is 1. The Balaban J connectivity index is 1.49. The van der Waals surface area contributed by atoms with E-state index in [0.717, 1.165) is 30.3 Å². The molecule has 1 aliphatic heterocycles. The van der Waals surface area contributed by atoms with E-state index in [0.29, 0.717) is 6.04 Å². The van der Waals surface area contributed by atoms with Gasteiger partial charge < -0.3 is 0 Å². The molecular weight excluding hydrogens is 318 g/mol. The predicted molar refractivity (Wildman–Crippen MR) is 95.7 cm³/mol. The lowest BCUT2D eigenvalue weighted by atomic mass is 10.2. The number of thiazole rings is 1. The number of aromatic nitrogens is 4. The Morgan fingerprint density at radius 1 is 1.25 bits per heavy atom. The van der Waals surface area contributed by atoms with Crippen LogP contribution in [0.25, 0.3) is 10.6 Å². The number of aryl methyl sites for hydroxylation is 1. The minimum absolute atomic E-state index is 0.536. The van der Waals surface area contributed by atoms with Gasteiger partial charge >= 0.3 is 0 Å². The maximum atomic E-state index is 4.79. The summed E-state index contributed by atoms with van der Waals surface area (Å²) in [5, 5.41) is 5.37. The highest BCUT2D eigenvalue weighted by Crippen LogP contribution is 2.30. The third kappa shape index (κ3) is 3.25. The Bertz CT molecular complexity index is 781. The molecule has 24 heavy (non-hydrogen) atoms. The second kappa shape index (κ2) is 6.83. The van der Waals surface area contributed by atoms with Gasteiger partial charge in [0, 0.05) is 23.0 Å². The van der Waals surface area contributed by atoms with Gasteiger partial charge in [0.05, 0.1) is 12.2 Å². The van der Waals surface area contributed by atoms with Crippen LogP contribution in [-0.4, -0.2) is 37.2 Å². The fraction of sp³-hybridized carbons (Fsp3) is 0.389. The highest BCUT2D eigenvalue weighted by atomic mass is 32.1. The minimum atomic E-state index is 0.536. The first-order valence-corrected chi connectivity index (χ1v) is 9.19. The van der Waals surface area contributed by atoms with Crippen molar-refractivity contribution in [3.63, 3.8) is 0 Å². The third-order valence-electron chi connectivity index (χ3n) is 4.62. The van der Waals surface area contributed by atoms with Gasteiger partial charge in [-0.1, -0.05) is 30.3 Å². The van der Waals surface area contributed by atoms with Gasteiger partial charge in [-0.3, -0.25) is 9.58 Å². The van der Waals surface area contributed by atoms with E-state index >= 15 is 0 Å². The molecule has 1 saturated heterocycles. The van der Waals surface area contributed by atoms with Crippen LogP contribution in [0.5, 0.6) is 0 Å². The first-order chi connectivity index (χ1) is 11.8. The smallest absolute Gasteiger partial charge is 0.137 e. The Morgan fingerprint density at radius 3 is 2.92 bits per heavy atom. The maximum absolute atomic E-state index is 4.79. The molecule has 1 aliphatic rings. The van der Waals surface area contributed by atoms with Crippen LogP contribution in [0.4, 0.5) is 0 Å². The second-order valence-corrected chi connectivity index (χ2v) is 7.36. The minimum Gasteiger partial charge on any atom is -0.293 e. The van der Waals surface area contributed by atoms with Crippen LogP contribution in [0.3, 0.4) is 0 Å². The molecule has 0 spiro atoms. The van der Waals surface area contributed by atoms with Gasteiger partial charge in [-0.2, -0.15) is 5.10 Å². The van der Waals surface area contributed by atoms with E-state index in [9.17, 15) is 0 Å². The summed E-state index contributed by atoms with van der Waals surface area (Å²) in [6.07, 6.45) is 5.90. The average molecular weight is 339 g/mol. The zero-order chi connectivity index (χ0) is 16.4. The summed E-state index contributed by atoms with van der Waals surface area (Å²) < 4.78 is 1.94. The lowest BCUT2D eigenvalue weighted by molar-refractivity contribution is 0.220. The fourth-order valence-corrected chi connectivity index (χ4v) is 4.41. The van der Waals surface area contributed by atoms with Gasteiger partial charge in [-0.25, -0.2) is 9.97 Å². The van der Waals surface area contributed by atoms with Crippen molar-refractivity contribution in [2.75, 3.05) is 6.54 Å². The van der Waals surface area contributed by atoms with Crippen molar-refractivity contribution in [2.45, 2.75) is 38.9 Å². The van der Waals surface area contributed by atoms with Gasteiger partial charge in [0.1, 0.15) is 17.7 Å². The van der Waals surface area contributed by atoms with Crippen molar-refractivity contribution in [1.82, 2.24) is 24.6 Å². The van der Waals surface area contributed by atoms with Gasteiger partial charge in [-0.15, -0.1) is 11.3 Å². The van der Waals surface area contributed by atoms with Crippen LogP contribution in [-0.2, 0) is 13.1 Å². The van der Waals surface area contributed by atoms with Crippen LogP contribution in [0.2, 0.25) is 0 Å². The molecule has 0 bridgehead atoms. The van der Waals surface area contributed by atoms with Gasteiger partial charge in [-0.05, 0) is 26.3 Å². The molecule has 3 aromatic rings. The summed E-state index contributed by atoms with van der Waals surface area (Å²) in [4.78, 5) is 12.8. The van der Waals surface area contributed by atoms with E-state index in [2.05, 4.69) is 46.2 Å². The molecule has 1 aromatic carbocycles. The van der Waals surface area contributed by atoms with Crippen molar-refractivity contribution in [2.24, 2.45) is 0 Å². The summed E-state index contributed by atoms with van der Waals surface area (Å²) in [6.45, 7) is 5.18. The van der Waals surface area contributed by atoms with Crippen molar-refractivity contribution in [1.29, 1.82) is 0 Å². The Hall–Kier alpha value is -2.05. The van der Waals surface area contributed by atoms with Gasteiger partial charge in [0.2, 0.25) is 0 Å². The largest absolute Gasteiger partial charge is 0.293 e.